The average molecular weight is 286 g/mol. The normalized spacial score (nSPS) is 11.0. The van der Waals surface area contributed by atoms with Gasteiger partial charge in [-0.05, 0) is 36.2 Å². The van der Waals surface area contributed by atoms with Gasteiger partial charge in [-0.1, -0.05) is 18.2 Å². The van der Waals surface area contributed by atoms with Gasteiger partial charge in [0, 0.05) is 6.54 Å². The van der Waals surface area contributed by atoms with Gasteiger partial charge in [0.2, 0.25) is 0 Å². The number of para-hydroxylation sites is 1. The van der Waals surface area contributed by atoms with E-state index in [1.165, 1.54) is 17.0 Å². The van der Waals surface area contributed by atoms with E-state index in [2.05, 4.69) is 4.98 Å². The minimum atomic E-state index is -0.878. The summed E-state index contributed by atoms with van der Waals surface area (Å²) in [4.78, 5) is 16.5. The van der Waals surface area contributed by atoms with Crippen LogP contribution in [0.3, 0.4) is 0 Å². The van der Waals surface area contributed by atoms with Crippen molar-refractivity contribution in [2.24, 2.45) is 0 Å². The van der Waals surface area contributed by atoms with Gasteiger partial charge in [-0.2, -0.15) is 0 Å². The van der Waals surface area contributed by atoms with Gasteiger partial charge < -0.3 is 0 Å². The van der Waals surface area contributed by atoms with Gasteiger partial charge in [0.15, 0.2) is 11.6 Å². The van der Waals surface area contributed by atoms with Crippen LogP contribution in [0.4, 0.5) is 8.78 Å². The molecule has 21 heavy (non-hydrogen) atoms. The van der Waals surface area contributed by atoms with E-state index in [0.29, 0.717) is 29.4 Å². The molecule has 0 N–H and O–H groups in total. The van der Waals surface area contributed by atoms with Crippen molar-refractivity contribution in [3.8, 4) is 0 Å². The first kappa shape index (κ1) is 13.4. The molecule has 3 rings (SSSR count). The zero-order valence-electron chi connectivity index (χ0n) is 11.1. The van der Waals surface area contributed by atoms with Crippen molar-refractivity contribution in [2.75, 3.05) is 0 Å². The predicted octanol–water partition coefficient (Wildman–Crippen LogP) is 2.92. The van der Waals surface area contributed by atoms with Crippen molar-refractivity contribution in [2.45, 2.75) is 13.0 Å². The summed E-state index contributed by atoms with van der Waals surface area (Å²) < 4.78 is 27.5. The second kappa shape index (κ2) is 5.44. The highest BCUT2D eigenvalue weighted by molar-refractivity contribution is 5.76. The van der Waals surface area contributed by atoms with Gasteiger partial charge in [-0.25, -0.2) is 13.8 Å². The van der Waals surface area contributed by atoms with Crippen LogP contribution in [0.5, 0.6) is 0 Å². The zero-order chi connectivity index (χ0) is 14.8. The third-order valence-corrected chi connectivity index (χ3v) is 3.36. The number of rotatable bonds is 3. The van der Waals surface area contributed by atoms with Crippen molar-refractivity contribution in [3.63, 3.8) is 0 Å². The Morgan fingerprint density at radius 3 is 2.67 bits per heavy atom. The van der Waals surface area contributed by atoms with Gasteiger partial charge in [-0.3, -0.25) is 9.36 Å². The van der Waals surface area contributed by atoms with Gasteiger partial charge in [0.05, 0.1) is 17.2 Å². The summed E-state index contributed by atoms with van der Waals surface area (Å²) in [6, 6.07) is 10.8. The Hall–Kier alpha value is -2.56. The van der Waals surface area contributed by atoms with E-state index in [-0.39, 0.29) is 5.56 Å². The van der Waals surface area contributed by atoms with Gasteiger partial charge in [0.1, 0.15) is 0 Å². The van der Waals surface area contributed by atoms with E-state index in [1.807, 2.05) is 6.07 Å². The molecule has 1 aromatic heterocycles. The zero-order valence-corrected chi connectivity index (χ0v) is 11.1. The molecule has 2 aromatic carbocycles. The summed E-state index contributed by atoms with van der Waals surface area (Å²) in [7, 11) is 0. The summed E-state index contributed by atoms with van der Waals surface area (Å²) in [5, 5.41) is 0.547. The summed E-state index contributed by atoms with van der Waals surface area (Å²) >= 11 is 0. The maximum atomic E-state index is 13.1. The lowest BCUT2D eigenvalue weighted by Gasteiger charge is -2.07. The molecule has 0 spiro atoms. The van der Waals surface area contributed by atoms with Gasteiger partial charge in [-0.15, -0.1) is 0 Å². The average Bonchev–Trinajstić information content (AvgIpc) is 2.50. The van der Waals surface area contributed by atoms with Crippen molar-refractivity contribution >= 4 is 10.9 Å². The van der Waals surface area contributed by atoms with Crippen molar-refractivity contribution in [1.82, 2.24) is 9.55 Å². The molecule has 1 heterocycles. The molecule has 3 nitrogen and oxygen atoms in total. The SMILES string of the molecule is O=c1c2ccccc2ncn1CCc1ccc(F)c(F)c1. The second-order valence-corrected chi connectivity index (χ2v) is 4.76. The Morgan fingerprint density at radius 2 is 1.86 bits per heavy atom. The fourth-order valence-corrected chi connectivity index (χ4v) is 2.21. The van der Waals surface area contributed by atoms with E-state index >= 15 is 0 Å². The molecule has 3 aromatic rings. The Bertz CT molecular complexity index is 858. The topological polar surface area (TPSA) is 34.9 Å². The first-order valence-corrected chi connectivity index (χ1v) is 6.53. The fraction of sp³-hybridized carbons (Fsp3) is 0.125. The molecule has 0 aliphatic heterocycles. The van der Waals surface area contributed by atoms with E-state index in [4.69, 9.17) is 0 Å². The number of nitrogens with zero attached hydrogens (tertiary/aromatic N) is 2. The number of fused-ring (bicyclic) bond motifs is 1. The van der Waals surface area contributed by atoms with Crippen molar-refractivity contribution < 1.29 is 8.78 Å². The molecule has 5 heteroatoms. The van der Waals surface area contributed by atoms with Crippen LogP contribution in [0.1, 0.15) is 5.56 Å². The Morgan fingerprint density at radius 1 is 1.05 bits per heavy atom. The Kier molecular flexibility index (Phi) is 3.48. The second-order valence-electron chi connectivity index (χ2n) is 4.76. The molecule has 0 unspecified atom stereocenters. The number of benzene rings is 2. The molecule has 0 atom stereocenters. The van der Waals surface area contributed by atoms with Crippen LogP contribution in [0, 0.1) is 11.6 Å². The maximum absolute atomic E-state index is 13.1. The lowest BCUT2D eigenvalue weighted by molar-refractivity contribution is 0.506. The molecule has 0 fully saturated rings. The minimum absolute atomic E-state index is 0.136. The minimum Gasteiger partial charge on any atom is -0.298 e. The number of aromatic nitrogens is 2. The van der Waals surface area contributed by atoms with Crippen LogP contribution in [0.2, 0.25) is 0 Å². The smallest absolute Gasteiger partial charge is 0.261 e. The highest BCUT2D eigenvalue weighted by Gasteiger charge is 2.05. The summed E-state index contributed by atoms with van der Waals surface area (Å²) in [6.45, 7) is 0.363. The quantitative estimate of drug-likeness (QED) is 0.742. The van der Waals surface area contributed by atoms with E-state index in [9.17, 15) is 13.6 Å². The largest absolute Gasteiger partial charge is 0.298 e. The fourth-order valence-electron chi connectivity index (χ4n) is 2.21. The maximum Gasteiger partial charge on any atom is 0.261 e. The van der Waals surface area contributed by atoms with Crippen LogP contribution in [-0.4, -0.2) is 9.55 Å². The number of hydrogen-bond donors (Lipinski definition) is 0. The number of halogens is 2. The highest BCUT2D eigenvalue weighted by Crippen LogP contribution is 2.10. The van der Waals surface area contributed by atoms with Crippen LogP contribution in [-0.2, 0) is 13.0 Å². The summed E-state index contributed by atoms with van der Waals surface area (Å²) in [6.07, 6.45) is 1.90. The van der Waals surface area contributed by atoms with Crippen LogP contribution < -0.4 is 5.56 Å². The number of hydrogen-bond acceptors (Lipinski definition) is 2. The van der Waals surface area contributed by atoms with Crippen LogP contribution in [0.15, 0.2) is 53.6 Å². The molecule has 0 saturated carbocycles. The lowest BCUT2D eigenvalue weighted by Crippen LogP contribution is -2.21. The summed E-state index contributed by atoms with van der Waals surface area (Å²) in [5.41, 5.74) is 1.14. The molecule has 0 radical (unpaired) electrons. The molecular formula is C16H12F2N2O. The number of aryl methyl sites for hydroxylation is 2. The van der Waals surface area contributed by atoms with Gasteiger partial charge in [0.25, 0.3) is 5.56 Å². The Balaban J connectivity index is 1.86. The predicted molar refractivity (Wildman–Crippen MR) is 76.1 cm³/mol. The van der Waals surface area contributed by atoms with E-state index in [0.717, 1.165) is 12.1 Å². The standard InChI is InChI=1S/C16H12F2N2O/c17-13-6-5-11(9-14(13)18)7-8-20-10-19-15-4-2-1-3-12(15)16(20)21/h1-6,9-10H,7-8H2. The summed E-state index contributed by atoms with van der Waals surface area (Å²) in [5.74, 6) is -1.75. The molecule has 0 bridgehead atoms. The molecule has 0 saturated heterocycles. The van der Waals surface area contributed by atoms with E-state index in [1.54, 1.807) is 18.2 Å². The first-order valence-electron chi connectivity index (χ1n) is 6.53. The van der Waals surface area contributed by atoms with Crippen molar-refractivity contribution in [1.29, 1.82) is 0 Å². The third-order valence-electron chi connectivity index (χ3n) is 3.36. The van der Waals surface area contributed by atoms with Gasteiger partial charge >= 0.3 is 0 Å². The molecule has 0 amide bonds. The van der Waals surface area contributed by atoms with Crippen LogP contribution >= 0.6 is 0 Å². The molecular weight excluding hydrogens is 274 g/mol. The lowest BCUT2D eigenvalue weighted by atomic mass is 10.1. The van der Waals surface area contributed by atoms with E-state index < -0.39 is 11.6 Å². The molecule has 106 valence electrons. The monoisotopic (exact) mass is 286 g/mol. The van der Waals surface area contributed by atoms with Crippen LogP contribution in [0.25, 0.3) is 10.9 Å². The molecule has 0 aliphatic rings. The van der Waals surface area contributed by atoms with Crippen molar-refractivity contribution in [3.05, 3.63) is 76.3 Å². The first-order chi connectivity index (χ1) is 10.1. The molecule has 0 aliphatic carbocycles. The highest BCUT2D eigenvalue weighted by atomic mass is 19.2. The third kappa shape index (κ3) is 2.67. The Labute approximate surface area is 119 Å².